The van der Waals surface area contributed by atoms with Gasteiger partial charge in [-0.25, -0.2) is 0 Å². The molecule has 0 unspecified atom stereocenters. The van der Waals surface area contributed by atoms with Crippen LogP contribution < -0.4 is 10.5 Å². The number of nitrogens with two attached hydrogens (primary N) is 1. The molecule has 0 aromatic heterocycles. The largest absolute Gasteiger partial charge is 0.457 e. The highest BCUT2D eigenvalue weighted by Crippen LogP contribution is 2.31. The number of halogens is 2. The van der Waals surface area contributed by atoms with Crippen LogP contribution in [0.25, 0.3) is 0 Å². The fourth-order valence-electron chi connectivity index (χ4n) is 1.66. The fraction of sp³-hybridized carbons (Fsp3) is 0.143. The molecule has 0 spiro atoms. The molecule has 0 aliphatic rings. The predicted molar refractivity (Wildman–Crippen MR) is 75.6 cm³/mol. The molecule has 0 aliphatic heterocycles. The van der Waals surface area contributed by atoms with Crippen LogP contribution in [0.4, 0.5) is 0 Å². The Hall–Kier alpha value is -1.22. The van der Waals surface area contributed by atoms with Crippen LogP contribution in [0.1, 0.15) is 18.5 Å². The highest BCUT2D eigenvalue weighted by molar-refractivity contribution is 6.34. The lowest BCUT2D eigenvalue weighted by molar-refractivity contribution is 0.472. The minimum absolute atomic E-state index is 0.101. The van der Waals surface area contributed by atoms with E-state index in [1.807, 2.05) is 31.2 Å². The van der Waals surface area contributed by atoms with Crippen molar-refractivity contribution >= 4 is 23.2 Å². The zero-order valence-corrected chi connectivity index (χ0v) is 11.4. The van der Waals surface area contributed by atoms with Gasteiger partial charge in [-0.15, -0.1) is 0 Å². The van der Waals surface area contributed by atoms with E-state index in [0.717, 1.165) is 5.56 Å². The molecule has 0 fully saturated rings. The van der Waals surface area contributed by atoms with E-state index in [1.54, 1.807) is 18.2 Å². The Balaban J connectivity index is 2.34. The van der Waals surface area contributed by atoms with Gasteiger partial charge in [0.15, 0.2) is 0 Å². The van der Waals surface area contributed by atoms with E-state index in [9.17, 15) is 0 Å². The van der Waals surface area contributed by atoms with Crippen LogP contribution in [-0.4, -0.2) is 0 Å². The summed E-state index contributed by atoms with van der Waals surface area (Å²) >= 11 is 11.9. The molecule has 0 saturated heterocycles. The van der Waals surface area contributed by atoms with Gasteiger partial charge in [0.25, 0.3) is 0 Å². The summed E-state index contributed by atoms with van der Waals surface area (Å²) in [6.07, 6.45) is 0. The van der Waals surface area contributed by atoms with Crippen LogP contribution in [0.15, 0.2) is 42.5 Å². The number of ether oxygens (including phenoxy) is 1. The molecule has 0 heterocycles. The van der Waals surface area contributed by atoms with Gasteiger partial charge in [-0.1, -0.05) is 41.4 Å². The van der Waals surface area contributed by atoms with Crippen molar-refractivity contribution in [3.05, 3.63) is 58.1 Å². The summed E-state index contributed by atoms with van der Waals surface area (Å²) in [6.45, 7) is 1.91. The molecule has 2 N–H and O–H groups in total. The first-order valence-corrected chi connectivity index (χ1v) is 6.30. The van der Waals surface area contributed by atoms with Crippen molar-refractivity contribution in [3.63, 3.8) is 0 Å². The summed E-state index contributed by atoms with van der Waals surface area (Å²) in [4.78, 5) is 0. The molecule has 0 amide bonds. The van der Waals surface area contributed by atoms with Gasteiger partial charge in [0.2, 0.25) is 0 Å². The Bertz CT molecular complexity index is 535. The molecule has 1 atom stereocenters. The Morgan fingerprint density at radius 2 is 1.67 bits per heavy atom. The van der Waals surface area contributed by atoms with Crippen molar-refractivity contribution in [3.8, 4) is 11.5 Å². The van der Waals surface area contributed by atoms with Crippen LogP contribution in [0.3, 0.4) is 0 Å². The first kappa shape index (κ1) is 13.2. The third-order valence-electron chi connectivity index (χ3n) is 2.47. The van der Waals surface area contributed by atoms with E-state index < -0.39 is 0 Å². The minimum Gasteiger partial charge on any atom is -0.457 e. The van der Waals surface area contributed by atoms with E-state index in [1.165, 1.54) is 0 Å². The molecule has 0 bridgehead atoms. The second-order valence-electron chi connectivity index (χ2n) is 4.03. The molecule has 0 radical (unpaired) electrons. The van der Waals surface area contributed by atoms with Gasteiger partial charge in [-0.2, -0.15) is 0 Å². The van der Waals surface area contributed by atoms with Crippen LogP contribution in [0.5, 0.6) is 11.5 Å². The van der Waals surface area contributed by atoms with Crippen molar-refractivity contribution in [1.82, 2.24) is 0 Å². The van der Waals surface area contributed by atoms with Crippen molar-refractivity contribution in [2.75, 3.05) is 0 Å². The molecule has 2 aromatic rings. The normalized spacial score (nSPS) is 12.2. The Morgan fingerprint density at radius 3 is 2.28 bits per heavy atom. The summed E-state index contributed by atoms with van der Waals surface area (Å²) in [5.41, 5.74) is 6.83. The van der Waals surface area contributed by atoms with Gasteiger partial charge in [-0.05, 0) is 31.2 Å². The zero-order chi connectivity index (χ0) is 13.1. The van der Waals surface area contributed by atoms with E-state index in [4.69, 9.17) is 33.7 Å². The molecule has 2 rings (SSSR count). The first-order chi connectivity index (χ1) is 8.56. The Labute approximate surface area is 116 Å². The van der Waals surface area contributed by atoms with Gasteiger partial charge in [0.05, 0.1) is 0 Å². The molecule has 0 aliphatic carbocycles. The van der Waals surface area contributed by atoms with Crippen molar-refractivity contribution in [2.45, 2.75) is 13.0 Å². The highest BCUT2D eigenvalue weighted by Gasteiger charge is 2.08. The van der Waals surface area contributed by atoms with E-state index in [2.05, 4.69) is 0 Å². The van der Waals surface area contributed by atoms with Crippen molar-refractivity contribution in [1.29, 1.82) is 0 Å². The Morgan fingerprint density at radius 1 is 1.06 bits per heavy atom. The second-order valence-corrected chi connectivity index (χ2v) is 4.91. The second kappa shape index (κ2) is 5.61. The summed E-state index contributed by atoms with van der Waals surface area (Å²) in [6, 6.07) is 12.6. The average molecular weight is 282 g/mol. The molecular formula is C14H13Cl2NO. The number of hydrogen-bond donors (Lipinski definition) is 1. The maximum atomic E-state index is 5.93. The topological polar surface area (TPSA) is 35.2 Å². The monoisotopic (exact) mass is 281 g/mol. The van der Waals surface area contributed by atoms with Crippen LogP contribution >= 0.6 is 23.2 Å². The summed E-state index contributed by atoms with van der Waals surface area (Å²) in [7, 11) is 0. The summed E-state index contributed by atoms with van der Waals surface area (Å²) < 4.78 is 5.78. The summed E-state index contributed by atoms with van der Waals surface area (Å²) in [5, 5.41) is 1.08. The van der Waals surface area contributed by atoms with Crippen LogP contribution in [0.2, 0.25) is 10.0 Å². The van der Waals surface area contributed by atoms with Gasteiger partial charge in [0.1, 0.15) is 11.5 Å². The highest BCUT2D eigenvalue weighted by atomic mass is 35.5. The number of hydrogen-bond acceptors (Lipinski definition) is 2. The van der Waals surface area contributed by atoms with Crippen molar-refractivity contribution < 1.29 is 4.74 Å². The summed E-state index contributed by atoms with van der Waals surface area (Å²) in [5.74, 6) is 1.31. The zero-order valence-electron chi connectivity index (χ0n) is 9.86. The standard InChI is InChI=1S/C14H13Cl2NO/c1-9(17)13-4-2-3-5-14(13)18-12-7-10(15)6-11(16)8-12/h2-9H,17H2,1H3/t9-/m0/s1. The van der Waals surface area contributed by atoms with Gasteiger partial charge >= 0.3 is 0 Å². The van der Waals surface area contributed by atoms with Gasteiger partial charge in [-0.3, -0.25) is 0 Å². The first-order valence-electron chi connectivity index (χ1n) is 5.54. The minimum atomic E-state index is -0.101. The van der Waals surface area contributed by atoms with Gasteiger partial charge < -0.3 is 10.5 Å². The average Bonchev–Trinajstić information content (AvgIpc) is 2.27. The molecule has 0 saturated carbocycles. The van der Waals surface area contributed by atoms with Crippen LogP contribution in [0, 0.1) is 0 Å². The lowest BCUT2D eigenvalue weighted by Gasteiger charge is -2.13. The maximum Gasteiger partial charge on any atom is 0.132 e. The molecule has 2 aromatic carbocycles. The third kappa shape index (κ3) is 3.16. The smallest absolute Gasteiger partial charge is 0.132 e. The number of rotatable bonds is 3. The maximum absolute atomic E-state index is 5.93. The molecular weight excluding hydrogens is 269 g/mol. The lowest BCUT2D eigenvalue weighted by Crippen LogP contribution is -2.06. The lowest BCUT2D eigenvalue weighted by atomic mass is 10.1. The van der Waals surface area contributed by atoms with Crippen LogP contribution in [-0.2, 0) is 0 Å². The number of benzene rings is 2. The van der Waals surface area contributed by atoms with Gasteiger partial charge in [0, 0.05) is 21.7 Å². The number of para-hydroxylation sites is 1. The molecule has 4 heteroatoms. The molecule has 18 heavy (non-hydrogen) atoms. The molecule has 94 valence electrons. The van der Waals surface area contributed by atoms with E-state index in [-0.39, 0.29) is 6.04 Å². The third-order valence-corrected chi connectivity index (χ3v) is 2.91. The van der Waals surface area contributed by atoms with E-state index in [0.29, 0.717) is 21.5 Å². The quantitative estimate of drug-likeness (QED) is 0.877. The van der Waals surface area contributed by atoms with Crippen molar-refractivity contribution in [2.24, 2.45) is 5.73 Å². The van der Waals surface area contributed by atoms with E-state index >= 15 is 0 Å². The predicted octanol–water partition coefficient (Wildman–Crippen LogP) is 4.81. The molecule has 2 nitrogen and oxygen atoms in total. The SMILES string of the molecule is C[C@H](N)c1ccccc1Oc1cc(Cl)cc(Cl)c1. The Kier molecular flexibility index (Phi) is 4.12. The fourth-order valence-corrected chi connectivity index (χ4v) is 2.17.